The molecule has 2 aliphatic rings. The van der Waals surface area contributed by atoms with Gasteiger partial charge in [0, 0.05) is 37.6 Å². The molecule has 12 heteroatoms. The van der Waals surface area contributed by atoms with Gasteiger partial charge in [-0.15, -0.1) is 9.48 Å². The summed E-state index contributed by atoms with van der Waals surface area (Å²) in [6.07, 6.45) is 3.33. The molecule has 2 aliphatic heterocycles. The van der Waals surface area contributed by atoms with Gasteiger partial charge in [0.2, 0.25) is 0 Å². The van der Waals surface area contributed by atoms with Crippen molar-refractivity contribution in [2.45, 2.75) is 44.4 Å². The van der Waals surface area contributed by atoms with E-state index in [0.717, 1.165) is 38.0 Å². The number of aryl methyl sites for hydroxylation is 2. The van der Waals surface area contributed by atoms with E-state index >= 15 is 0 Å². The number of sulfone groups is 1. The summed E-state index contributed by atoms with van der Waals surface area (Å²) in [5, 5.41) is 9.10. The number of amidine groups is 1. The molecule has 3 heterocycles. The number of pyridine rings is 1. The van der Waals surface area contributed by atoms with Crippen LogP contribution in [-0.2, 0) is 19.4 Å². The van der Waals surface area contributed by atoms with E-state index in [0.29, 0.717) is 29.3 Å². The van der Waals surface area contributed by atoms with Gasteiger partial charge in [-0.2, -0.15) is 4.99 Å². The largest absolute Gasteiger partial charge is 0.509 e. The van der Waals surface area contributed by atoms with Crippen LogP contribution in [0.15, 0.2) is 46.5 Å². The number of carbonyl (C=O) groups is 1. The molecule has 11 nitrogen and oxygen atoms in total. The number of aliphatic imine (C=N–C) groups is 1. The summed E-state index contributed by atoms with van der Waals surface area (Å²) >= 11 is 0. The third-order valence-electron chi connectivity index (χ3n) is 7.23. The van der Waals surface area contributed by atoms with Crippen LogP contribution in [0.2, 0.25) is 0 Å². The number of nitrogens with zero attached hydrogens (tertiary/aromatic N) is 4. The number of carboxylic acid groups (broad SMARTS) is 1. The van der Waals surface area contributed by atoms with Crippen molar-refractivity contribution in [3.8, 4) is 5.75 Å². The molecule has 0 amide bonds. The van der Waals surface area contributed by atoms with Crippen LogP contribution in [0.5, 0.6) is 5.75 Å². The normalized spacial score (nSPS) is 22.3. The fourth-order valence-electron chi connectivity index (χ4n) is 5.24. The summed E-state index contributed by atoms with van der Waals surface area (Å²) in [7, 11) is -0.594. The Balaban J connectivity index is 1.48. The maximum atomic E-state index is 13.6. The fourth-order valence-corrected chi connectivity index (χ4v) is 7.17. The fraction of sp³-hybridized carbons (Fsp3) is 0.500. The molecule has 0 saturated carbocycles. The van der Waals surface area contributed by atoms with Crippen molar-refractivity contribution in [2.75, 3.05) is 44.4 Å². The first kappa shape index (κ1) is 27.8. The standard InChI is InChI=1S/C26H34N4O7S/c1-18-15-22(35-4)16-19(2)24(18)38(33,34)17-23-28-25(36-26(31)32)37-30(23,3)14-9-20-7-12-29(13-8-20)21-5-10-27-11-6-21/h5-6,10-11,15-16,20,25H,7-9,12-14,17H2,1-4H3/p+1. The Labute approximate surface area is 223 Å². The maximum Gasteiger partial charge on any atom is 0.509 e. The molecule has 1 aromatic heterocycles. The van der Waals surface area contributed by atoms with Gasteiger partial charge in [0.1, 0.15) is 19.3 Å². The van der Waals surface area contributed by atoms with Gasteiger partial charge in [0.05, 0.1) is 12.0 Å². The number of hydroxylamine groups is 3. The van der Waals surface area contributed by atoms with Gasteiger partial charge >= 0.3 is 12.6 Å². The monoisotopic (exact) mass is 547 g/mol. The molecule has 206 valence electrons. The van der Waals surface area contributed by atoms with Gasteiger partial charge < -0.3 is 19.5 Å². The Morgan fingerprint density at radius 1 is 1.18 bits per heavy atom. The topological polar surface area (TPSA) is 128 Å². The van der Waals surface area contributed by atoms with Crippen LogP contribution < -0.4 is 9.64 Å². The zero-order valence-electron chi connectivity index (χ0n) is 22.2. The molecule has 0 spiro atoms. The van der Waals surface area contributed by atoms with Crippen LogP contribution in [0.4, 0.5) is 10.5 Å². The number of hydrogen-bond acceptors (Lipinski definition) is 9. The highest BCUT2D eigenvalue weighted by molar-refractivity contribution is 7.92. The lowest BCUT2D eigenvalue weighted by molar-refractivity contribution is -1.02. The summed E-state index contributed by atoms with van der Waals surface area (Å²) in [5.74, 6) is 0.776. The number of methoxy groups -OCH3 is 1. The van der Waals surface area contributed by atoms with Gasteiger partial charge in [0.15, 0.2) is 15.6 Å². The molecule has 0 aliphatic carbocycles. The highest BCUT2D eigenvalue weighted by Gasteiger charge is 2.46. The van der Waals surface area contributed by atoms with E-state index in [9.17, 15) is 13.2 Å². The Hall–Kier alpha value is -3.22. The number of benzene rings is 1. The van der Waals surface area contributed by atoms with E-state index < -0.39 is 28.2 Å². The Kier molecular flexibility index (Phi) is 8.24. The van der Waals surface area contributed by atoms with Crippen molar-refractivity contribution >= 4 is 27.5 Å². The van der Waals surface area contributed by atoms with Crippen LogP contribution in [0.1, 0.15) is 30.4 Å². The molecular formula is C26H35N4O7S+. The lowest BCUT2D eigenvalue weighted by Gasteiger charge is -2.35. The molecule has 4 rings (SSSR count). The summed E-state index contributed by atoms with van der Waals surface area (Å²) in [5.41, 5.74) is 2.28. The number of rotatable bonds is 9. The van der Waals surface area contributed by atoms with Crippen molar-refractivity contribution in [3.63, 3.8) is 0 Å². The molecule has 38 heavy (non-hydrogen) atoms. The maximum absolute atomic E-state index is 13.6. The minimum Gasteiger partial charge on any atom is -0.497 e. The Bertz CT molecular complexity index is 1270. The van der Waals surface area contributed by atoms with E-state index in [1.54, 1.807) is 45.4 Å². The van der Waals surface area contributed by atoms with Gasteiger partial charge in [0.25, 0.3) is 5.84 Å². The highest BCUT2D eigenvalue weighted by atomic mass is 32.2. The smallest absolute Gasteiger partial charge is 0.497 e. The molecule has 1 fully saturated rings. The van der Waals surface area contributed by atoms with Crippen molar-refractivity contribution in [2.24, 2.45) is 10.9 Å². The number of anilines is 1. The number of quaternary nitrogens is 1. The zero-order chi connectivity index (χ0) is 27.5. The minimum absolute atomic E-state index is 0.207. The number of ether oxygens (including phenoxy) is 2. The second-order valence-electron chi connectivity index (χ2n) is 9.94. The third-order valence-corrected chi connectivity index (χ3v) is 9.14. The molecule has 1 aromatic carbocycles. The molecular weight excluding hydrogens is 512 g/mol. The molecule has 2 unspecified atom stereocenters. The van der Waals surface area contributed by atoms with E-state index in [1.165, 1.54) is 7.11 Å². The number of hydrogen-bond donors (Lipinski definition) is 1. The van der Waals surface area contributed by atoms with Crippen molar-refractivity contribution in [1.82, 2.24) is 4.98 Å². The van der Waals surface area contributed by atoms with Crippen LogP contribution >= 0.6 is 0 Å². The zero-order valence-corrected chi connectivity index (χ0v) is 23.0. The average Bonchev–Trinajstić information content (AvgIpc) is 3.16. The molecule has 1 N–H and O–H groups in total. The Morgan fingerprint density at radius 2 is 1.82 bits per heavy atom. The van der Waals surface area contributed by atoms with Crippen LogP contribution in [-0.4, -0.2) is 81.1 Å². The number of piperidine rings is 1. The van der Waals surface area contributed by atoms with Crippen LogP contribution in [0, 0.1) is 19.8 Å². The van der Waals surface area contributed by atoms with Gasteiger partial charge in [-0.25, -0.2) is 13.2 Å². The van der Waals surface area contributed by atoms with Crippen molar-refractivity contribution < 1.29 is 37.3 Å². The van der Waals surface area contributed by atoms with Gasteiger partial charge in [-0.3, -0.25) is 4.98 Å². The predicted molar refractivity (Wildman–Crippen MR) is 141 cm³/mol. The first-order valence-electron chi connectivity index (χ1n) is 12.5. The molecule has 0 radical (unpaired) electrons. The average molecular weight is 548 g/mol. The van der Waals surface area contributed by atoms with E-state index in [1.807, 2.05) is 12.1 Å². The number of aromatic nitrogens is 1. The van der Waals surface area contributed by atoms with E-state index in [4.69, 9.17) is 19.4 Å². The summed E-state index contributed by atoms with van der Waals surface area (Å²) in [6.45, 7) is 5.70. The first-order chi connectivity index (χ1) is 18.0. The van der Waals surface area contributed by atoms with Crippen LogP contribution in [0.3, 0.4) is 0 Å². The minimum atomic E-state index is -3.83. The molecule has 1 saturated heterocycles. The van der Waals surface area contributed by atoms with E-state index in [-0.39, 0.29) is 15.4 Å². The predicted octanol–water partition coefficient (Wildman–Crippen LogP) is 3.56. The first-order valence-corrected chi connectivity index (χ1v) is 14.2. The second kappa shape index (κ2) is 11.3. The summed E-state index contributed by atoms with van der Waals surface area (Å²) < 4.78 is 36.9. The third kappa shape index (κ3) is 6.25. The van der Waals surface area contributed by atoms with Crippen LogP contribution in [0.25, 0.3) is 0 Å². The highest BCUT2D eigenvalue weighted by Crippen LogP contribution is 2.31. The molecule has 2 aromatic rings. The summed E-state index contributed by atoms with van der Waals surface area (Å²) in [6, 6.07) is 7.36. The van der Waals surface area contributed by atoms with Crippen molar-refractivity contribution in [3.05, 3.63) is 47.8 Å². The lowest BCUT2D eigenvalue weighted by atomic mass is 9.93. The summed E-state index contributed by atoms with van der Waals surface area (Å²) in [4.78, 5) is 27.9. The molecule has 0 bridgehead atoms. The lowest BCUT2D eigenvalue weighted by Crippen LogP contribution is -2.50. The quantitative estimate of drug-likeness (QED) is 0.370. The Morgan fingerprint density at radius 3 is 2.39 bits per heavy atom. The van der Waals surface area contributed by atoms with E-state index in [2.05, 4.69) is 14.9 Å². The van der Waals surface area contributed by atoms with Gasteiger partial charge in [-0.05, 0) is 68.0 Å². The SMILES string of the molecule is COc1cc(C)c(S(=O)(=O)CC2=NC(OC(=O)O)O[N+]2(C)CCC2CCN(c3ccncc3)CC2)c(C)c1. The molecule has 2 atom stereocenters. The van der Waals surface area contributed by atoms with Crippen molar-refractivity contribution in [1.29, 1.82) is 0 Å². The second-order valence-corrected chi connectivity index (χ2v) is 11.9. The van der Waals surface area contributed by atoms with Gasteiger partial charge in [-0.1, -0.05) is 0 Å².